The summed E-state index contributed by atoms with van der Waals surface area (Å²) in [5, 5.41) is 5.18. The molecule has 0 saturated carbocycles. The van der Waals surface area contributed by atoms with E-state index < -0.39 is 0 Å². The number of anilines is 1. The second kappa shape index (κ2) is 6.63. The Kier molecular flexibility index (Phi) is 3.98. The maximum atomic E-state index is 13.3. The van der Waals surface area contributed by atoms with E-state index in [1.54, 1.807) is 17.6 Å². The molecule has 27 heavy (non-hydrogen) atoms. The molecule has 0 atom stereocenters. The Bertz CT molecular complexity index is 1060. The van der Waals surface area contributed by atoms with Crippen molar-refractivity contribution in [2.75, 3.05) is 31.1 Å². The van der Waals surface area contributed by atoms with Crippen molar-refractivity contribution < 1.29 is 9.21 Å². The number of rotatable bonds is 3. The average molecular weight is 377 g/mol. The summed E-state index contributed by atoms with van der Waals surface area (Å²) >= 11 is 1.71. The van der Waals surface area contributed by atoms with E-state index in [2.05, 4.69) is 26.7 Å². The molecule has 4 aromatic rings. The van der Waals surface area contributed by atoms with Crippen molar-refractivity contribution in [3.63, 3.8) is 0 Å². The molecule has 1 aromatic carbocycles. The molecule has 1 N–H and O–H groups in total. The van der Waals surface area contributed by atoms with Crippen LogP contribution in [0.1, 0.15) is 10.4 Å². The zero-order valence-electron chi connectivity index (χ0n) is 14.7. The average Bonchev–Trinajstić information content (AvgIpc) is 3.48. The Morgan fingerprint density at radius 2 is 1.96 bits per heavy atom. The van der Waals surface area contributed by atoms with Crippen molar-refractivity contribution in [2.24, 2.45) is 0 Å². The summed E-state index contributed by atoms with van der Waals surface area (Å²) in [7, 11) is 0. The quantitative estimate of drug-likeness (QED) is 0.574. The minimum atomic E-state index is 0.0815. The monoisotopic (exact) mass is 377 g/mol. The number of nitrogens with zero attached hydrogens (tertiary/aromatic N) is 2. The van der Waals surface area contributed by atoms with Gasteiger partial charge in [0.2, 0.25) is 0 Å². The van der Waals surface area contributed by atoms with E-state index in [-0.39, 0.29) is 5.91 Å². The van der Waals surface area contributed by atoms with Crippen LogP contribution in [0.15, 0.2) is 64.0 Å². The smallest absolute Gasteiger partial charge is 0.254 e. The number of fused-ring (bicyclic) bond motifs is 1. The molecule has 1 saturated heterocycles. The molecule has 1 aliphatic rings. The van der Waals surface area contributed by atoms with Crippen LogP contribution in [-0.4, -0.2) is 42.0 Å². The molecule has 0 radical (unpaired) electrons. The first kappa shape index (κ1) is 16.2. The molecule has 3 aromatic heterocycles. The normalized spacial score (nSPS) is 14.8. The van der Waals surface area contributed by atoms with Crippen LogP contribution in [0, 0.1) is 0 Å². The number of thiophene rings is 1. The Labute approximate surface area is 160 Å². The first-order valence-electron chi connectivity index (χ1n) is 9.01. The lowest BCUT2D eigenvalue weighted by molar-refractivity contribution is 0.0749. The van der Waals surface area contributed by atoms with Crippen LogP contribution in [-0.2, 0) is 0 Å². The molecule has 1 amide bonds. The molecule has 0 unspecified atom stereocenters. The zero-order valence-corrected chi connectivity index (χ0v) is 15.5. The predicted molar refractivity (Wildman–Crippen MR) is 108 cm³/mol. The van der Waals surface area contributed by atoms with E-state index >= 15 is 0 Å². The van der Waals surface area contributed by atoms with Crippen molar-refractivity contribution >= 4 is 33.8 Å². The van der Waals surface area contributed by atoms with E-state index in [9.17, 15) is 4.79 Å². The molecular weight excluding hydrogens is 358 g/mol. The number of H-pyrrole nitrogens is 1. The second-order valence-corrected chi connectivity index (χ2v) is 7.45. The van der Waals surface area contributed by atoms with Crippen LogP contribution in [0.5, 0.6) is 0 Å². The van der Waals surface area contributed by atoms with Crippen LogP contribution in [0.3, 0.4) is 0 Å². The number of amides is 1. The fraction of sp³-hybridized carbons (Fsp3) is 0.190. The Hall–Kier alpha value is -2.99. The van der Waals surface area contributed by atoms with E-state index in [0.29, 0.717) is 0 Å². The largest absolute Gasteiger partial charge is 0.464 e. The van der Waals surface area contributed by atoms with E-state index in [1.165, 1.54) is 5.69 Å². The van der Waals surface area contributed by atoms with Gasteiger partial charge in [0.1, 0.15) is 5.76 Å². The highest BCUT2D eigenvalue weighted by Crippen LogP contribution is 2.32. The first-order chi connectivity index (χ1) is 13.3. The fourth-order valence-corrected chi connectivity index (χ4v) is 4.43. The molecule has 0 spiro atoms. The molecule has 0 aliphatic carbocycles. The van der Waals surface area contributed by atoms with E-state index in [0.717, 1.165) is 54.0 Å². The number of piperazine rings is 1. The summed E-state index contributed by atoms with van der Waals surface area (Å²) in [6.45, 7) is 3.17. The van der Waals surface area contributed by atoms with Gasteiger partial charge in [-0.15, -0.1) is 0 Å². The van der Waals surface area contributed by atoms with E-state index in [1.807, 2.05) is 41.4 Å². The zero-order chi connectivity index (χ0) is 18.2. The van der Waals surface area contributed by atoms with Crippen LogP contribution in [0.25, 0.3) is 22.2 Å². The van der Waals surface area contributed by atoms with Gasteiger partial charge in [0.15, 0.2) is 0 Å². The number of carbonyl (C=O) groups excluding carboxylic acids is 1. The highest BCUT2D eigenvalue weighted by Gasteiger charge is 2.25. The Morgan fingerprint density at radius 1 is 1.07 bits per heavy atom. The van der Waals surface area contributed by atoms with Gasteiger partial charge in [-0.05, 0) is 35.7 Å². The summed E-state index contributed by atoms with van der Waals surface area (Å²) in [6.07, 6.45) is 3.57. The van der Waals surface area contributed by atoms with Gasteiger partial charge in [-0.25, -0.2) is 0 Å². The molecule has 0 bridgehead atoms. The SMILES string of the molecule is O=C(c1cccc2[nH]cc(-c3ccco3)c12)N1CCN(c2ccsc2)CC1. The van der Waals surface area contributed by atoms with Gasteiger partial charge < -0.3 is 19.2 Å². The maximum absolute atomic E-state index is 13.3. The fourth-order valence-electron chi connectivity index (χ4n) is 3.76. The number of benzene rings is 1. The summed E-state index contributed by atoms with van der Waals surface area (Å²) in [5.74, 6) is 0.849. The summed E-state index contributed by atoms with van der Waals surface area (Å²) in [4.78, 5) is 20.8. The molecule has 4 heterocycles. The van der Waals surface area contributed by atoms with Gasteiger partial charge in [-0.3, -0.25) is 4.79 Å². The number of aromatic nitrogens is 1. The summed E-state index contributed by atoms with van der Waals surface area (Å²) < 4.78 is 5.57. The number of furan rings is 1. The topological polar surface area (TPSA) is 52.5 Å². The van der Waals surface area contributed by atoms with Gasteiger partial charge in [0.05, 0.1) is 6.26 Å². The highest BCUT2D eigenvalue weighted by molar-refractivity contribution is 7.08. The number of carbonyl (C=O) groups is 1. The van der Waals surface area contributed by atoms with Crippen molar-refractivity contribution in [1.29, 1.82) is 0 Å². The van der Waals surface area contributed by atoms with Gasteiger partial charge in [-0.1, -0.05) is 6.07 Å². The maximum Gasteiger partial charge on any atom is 0.254 e. The van der Waals surface area contributed by atoms with Crippen LogP contribution in [0.4, 0.5) is 5.69 Å². The number of hydrogen-bond acceptors (Lipinski definition) is 4. The highest BCUT2D eigenvalue weighted by atomic mass is 32.1. The molecule has 5 rings (SSSR count). The van der Waals surface area contributed by atoms with Gasteiger partial charge in [0.25, 0.3) is 5.91 Å². The van der Waals surface area contributed by atoms with Gasteiger partial charge in [-0.2, -0.15) is 11.3 Å². The van der Waals surface area contributed by atoms with Crippen molar-refractivity contribution in [2.45, 2.75) is 0 Å². The number of aromatic amines is 1. The van der Waals surface area contributed by atoms with Crippen LogP contribution >= 0.6 is 11.3 Å². The van der Waals surface area contributed by atoms with E-state index in [4.69, 9.17) is 4.42 Å². The molecule has 1 fully saturated rings. The molecule has 5 nitrogen and oxygen atoms in total. The standard InChI is InChI=1S/C21H19N3O2S/c25-21(24-9-7-23(8-10-24)15-6-12-27-14-15)16-3-1-4-18-20(16)17(13-22-18)19-5-2-11-26-19/h1-6,11-14,22H,7-10H2. The van der Waals surface area contributed by atoms with Crippen molar-refractivity contribution in [3.8, 4) is 11.3 Å². The minimum Gasteiger partial charge on any atom is -0.464 e. The summed E-state index contributed by atoms with van der Waals surface area (Å²) in [5.41, 5.74) is 3.85. The second-order valence-electron chi connectivity index (χ2n) is 6.67. The minimum absolute atomic E-state index is 0.0815. The lowest BCUT2D eigenvalue weighted by Gasteiger charge is -2.35. The first-order valence-corrected chi connectivity index (χ1v) is 9.96. The van der Waals surface area contributed by atoms with Crippen molar-refractivity contribution in [3.05, 3.63) is 65.2 Å². The van der Waals surface area contributed by atoms with Crippen LogP contribution < -0.4 is 4.90 Å². The third-order valence-corrected chi connectivity index (χ3v) is 5.83. The van der Waals surface area contributed by atoms with Gasteiger partial charge in [0, 0.05) is 65.5 Å². The predicted octanol–water partition coefficient (Wildman–Crippen LogP) is 4.45. The molecule has 6 heteroatoms. The molecular formula is C21H19N3O2S. The number of hydrogen-bond donors (Lipinski definition) is 1. The van der Waals surface area contributed by atoms with Gasteiger partial charge >= 0.3 is 0 Å². The Balaban J connectivity index is 1.44. The van der Waals surface area contributed by atoms with Crippen LogP contribution in [0.2, 0.25) is 0 Å². The summed E-state index contributed by atoms with van der Waals surface area (Å²) in [6, 6.07) is 11.8. The third-order valence-electron chi connectivity index (χ3n) is 5.16. The molecule has 1 aliphatic heterocycles. The third kappa shape index (κ3) is 2.82. The number of nitrogens with one attached hydrogen (secondary N) is 1. The Morgan fingerprint density at radius 3 is 2.70 bits per heavy atom. The lowest BCUT2D eigenvalue weighted by atomic mass is 10.0. The lowest BCUT2D eigenvalue weighted by Crippen LogP contribution is -2.48. The van der Waals surface area contributed by atoms with Crippen molar-refractivity contribution in [1.82, 2.24) is 9.88 Å². The molecule has 136 valence electrons.